The number of hydrogen-bond acceptors (Lipinski definition) is 4. The third-order valence-electron chi connectivity index (χ3n) is 3.44. The van der Waals surface area contributed by atoms with Crippen LogP contribution in [0.2, 0.25) is 0 Å². The Kier molecular flexibility index (Phi) is 7.88. The molecule has 7 heteroatoms. The van der Waals surface area contributed by atoms with Crippen LogP contribution in [0.5, 0.6) is 11.5 Å². The predicted octanol–water partition coefficient (Wildman–Crippen LogP) is 3.40. The maximum Gasteiger partial charge on any atom is 0.276 e. The summed E-state index contributed by atoms with van der Waals surface area (Å²) < 4.78 is 11.7. The molecule has 0 aromatic heterocycles. The summed E-state index contributed by atoms with van der Waals surface area (Å²) in [6, 6.07) is 12.8. The molecule has 0 radical (unpaired) electrons. The van der Waals surface area contributed by atoms with Gasteiger partial charge < -0.3 is 9.47 Å². The van der Waals surface area contributed by atoms with Gasteiger partial charge in [-0.2, -0.15) is 0 Å². The van der Waals surface area contributed by atoms with Gasteiger partial charge in [0.05, 0.1) is 6.61 Å². The zero-order valence-corrected chi connectivity index (χ0v) is 16.7. The van der Waals surface area contributed by atoms with Crippen LogP contribution in [0.15, 0.2) is 53.0 Å². The monoisotopic (exact) mass is 432 g/mol. The number of benzene rings is 2. The lowest BCUT2D eigenvalue weighted by molar-refractivity contribution is -0.128. The van der Waals surface area contributed by atoms with E-state index in [0.717, 1.165) is 21.3 Å². The van der Waals surface area contributed by atoms with Crippen LogP contribution in [-0.4, -0.2) is 25.0 Å². The molecule has 0 saturated carbocycles. The summed E-state index contributed by atoms with van der Waals surface area (Å²) in [5.41, 5.74) is 6.35. The third-order valence-corrected chi connectivity index (χ3v) is 3.93. The molecule has 0 spiro atoms. The van der Waals surface area contributed by atoms with Gasteiger partial charge in [0.25, 0.3) is 11.8 Å². The Labute approximate surface area is 166 Å². The van der Waals surface area contributed by atoms with Crippen molar-refractivity contribution >= 4 is 33.8 Å². The summed E-state index contributed by atoms with van der Waals surface area (Å²) in [7, 11) is 0. The van der Waals surface area contributed by atoms with Gasteiger partial charge in [-0.3, -0.25) is 20.4 Å². The number of carbonyl (C=O) groups is 2. The lowest BCUT2D eigenvalue weighted by Crippen LogP contribution is -2.43. The van der Waals surface area contributed by atoms with Crippen LogP contribution in [0.25, 0.3) is 6.08 Å². The number of ether oxygens (including phenoxy) is 2. The van der Waals surface area contributed by atoms with Crippen molar-refractivity contribution in [3.63, 3.8) is 0 Å². The van der Waals surface area contributed by atoms with Gasteiger partial charge >= 0.3 is 0 Å². The van der Waals surface area contributed by atoms with Crippen molar-refractivity contribution in [1.82, 2.24) is 10.9 Å². The molecule has 0 aliphatic carbocycles. The highest BCUT2D eigenvalue weighted by molar-refractivity contribution is 9.10. The van der Waals surface area contributed by atoms with E-state index in [2.05, 4.69) is 26.8 Å². The number of hydrogen-bond donors (Lipinski definition) is 2. The Balaban J connectivity index is 1.74. The van der Waals surface area contributed by atoms with E-state index in [9.17, 15) is 9.59 Å². The Bertz CT molecular complexity index is 819. The second kappa shape index (κ2) is 10.4. The summed E-state index contributed by atoms with van der Waals surface area (Å²) in [5, 5.41) is 0. The molecule has 2 amide bonds. The van der Waals surface area contributed by atoms with E-state index in [0.29, 0.717) is 12.4 Å². The fraction of sp³-hybridized carbons (Fsp3) is 0.200. The molecule has 0 saturated heterocycles. The van der Waals surface area contributed by atoms with Crippen LogP contribution in [0.4, 0.5) is 0 Å². The topological polar surface area (TPSA) is 76.7 Å². The van der Waals surface area contributed by atoms with Crippen LogP contribution >= 0.6 is 15.9 Å². The van der Waals surface area contributed by atoms with Crippen LogP contribution in [-0.2, 0) is 9.59 Å². The largest absolute Gasteiger partial charge is 0.494 e. The Morgan fingerprint density at radius 3 is 2.48 bits per heavy atom. The molecule has 0 bridgehead atoms. The summed E-state index contributed by atoms with van der Waals surface area (Å²) in [6.45, 7) is 4.19. The molecule has 0 unspecified atom stereocenters. The van der Waals surface area contributed by atoms with Crippen LogP contribution in [0.1, 0.15) is 18.1 Å². The minimum absolute atomic E-state index is 0.203. The van der Waals surface area contributed by atoms with Crippen molar-refractivity contribution in [3.05, 3.63) is 64.1 Å². The van der Waals surface area contributed by atoms with Crippen LogP contribution in [0.3, 0.4) is 0 Å². The minimum atomic E-state index is -0.458. The molecule has 6 nitrogen and oxygen atoms in total. The average Bonchev–Trinajstić information content (AvgIpc) is 2.65. The van der Waals surface area contributed by atoms with Gasteiger partial charge in [-0.1, -0.05) is 28.1 Å². The van der Waals surface area contributed by atoms with Gasteiger partial charge in [0.15, 0.2) is 6.61 Å². The van der Waals surface area contributed by atoms with Crippen molar-refractivity contribution in [2.45, 2.75) is 13.8 Å². The lowest BCUT2D eigenvalue weighted by atomic mass is 10.2. The first-order chi connectivity index (χ1) is 13.0. The first kappa shape index (κ1) is 20.5. The summed E-state index contributed by atoms with van der Waals surface area (Å²) in [5.74, 6) is 0.472. The maximum atomic E-state index is 11.8. The van der Waals surface area contributed by atoms with Crippen LogP contribution in [0, 0.1) is 6.92 Å². The molecular weight excluding hydrogens is 412 g/mol. The van der Waals surface area contributed by atoms with E-state index in [-0.39, 0.29) is 6.61 Å². The smallest absolute Gasteiger partial charge is 0.276 e. The van der Waals surface area contributed by atoms with Crippen LogP contribution < -0.4 is 20.3 Å². The predicted molar refractivity (Wildman–Crippen MR) is 107 cm³/mol. The molecule has 2 aromatic rings. The van der Waals surface area contributed by atoms with E-state index in [1.807, 2.05) is 50.2 Å². The second-order valence-electron chi connectivity index (χ2n) is 5.57. The molecule has 2 rings (SSSR count). The Morgan fingerprint density at radius 2 is 1.81 bits per heavy atom. The molecule has 2 aromatic carbocycles. The van der Waals surface area contributed by atoms with Gasteiger partial charge in [-0.15, -0.1) is 0 Å². The van der Waals surface area contributed by atoms with Crippen molar-refractivity contribution in [1.29, 1.82) is 0 Å². The molecule has 0 fully saturated rings. The fourth-order valence-electron chi connectivity index (χ4n) is 2.14. The van der Waals surface area contributed by atoms with E-state index in [4.69, 9.17) is 9.47 Å². The Morgan fingerprint density at radius 1 is 1.07 bits per heavy atom. The number of nitrogens with one attached hydrogen (secondary N) is 2. The molecule has 2 N–H and O–H groups in total. The normalized spacial score (nSPS) is 10.5. The molecular formula is C20H21BrN2O4. The highest BCUT2D eigenvalue weighted by Gasteiger charge is 2.06. The number of hydrazine groups is 1. The quantitative estimate of drug-likeness (QED) is 0.519. The van der Waals surface area contributed by atoms with E-state index >= 15 is 0 Å². The summed E-state index contributed by atoms with van der Waals surface area (Å²) in [4.78, 5) is 23.5. The minimum Gasteiger partial charge on any atom is -0.494 e. The van der Waals surface area contributed by atoms with Gasteiger partial charge in [-0.05, 0) is 61.4 Å². The average molecular weight is 433 g/mol. The lowest BCUT2D eigenvalue weighted by Gasteiger charge is -2.10. The summed E-state index contributed by atoms with van der Waals surface area (Å²) >= 11 is 3.36. The fourth-order valence-corrected chi connectivity index (χ4v) is 2.62. The molecule has 0 atom stereocenters. The summed E-state index contributed by atoms with van der Waals surface area (Å²) in [6.07, 6.45) is 2.97. The molecule has 0 aliphatic heterocycles. The third kappa shape index (κ3) is 7.15. The van der Waals surface area contributed by atoms with Gasteiger partial charge in [0.2, 0.25) is 0 Å². The van der Waals surface area contributed by atoms with E-state index in [1.165, 1.54) is 6.08 Å². The van der Waals surface area contributed by atoms with Crippen molar-refractivity contribution in [3.8, 4) is 11.5 Å². The van der Waals surface area contributed by atoms with Crippen molar-refractivity contribution in [2.75, 3.05) is 13.2 Å². The number of halogens is 1. The van der Waals surface area contributed by atoms with E-state index < -0.39 is 11.8 Å². The highest BCUT2D eigenvalue weighted by Crippen LogP contribution is 2.21. The van der Waals surface area contributed by atoms with Crippen molar-refractivity contribution < 1.29 is 19.1 Å². The van der Waals surface area contributed by atoms with E-state index in [1.54, 1.807) is 12.1 Å². The number of rotatable bonds is 7. The zero-order chi connectivity index (χ0) is 19.6. The first-order valence-electron chi connectivity index (χ1n) is 8.36. The van der Waals surface area contributed by atoms with Gasteiger partial charge in [0.1, 0.15) is 11.5 Å². The van der Waals surface area contributed by atoms with Gasteiger partial charge in [0, 0.05) is 10.5 Å². The zero-order valence-electron chi connectivity index (χ0n) is 15.1. The number of amides is 2. The standard InChI is InChI=1S/C20H21BrN2O4/c1-3-26-17-8-4-15(5-9-17)6-11-19(24)22-23-20(25)13-27-18-10-7-16(21)12-14(18)2/h4-12H,3,13H2,1-2H3,(H,22,24)(H,23,25)/b11-6+. The SMILES string of the molecule is CCOc1ccc(/C=C/C(=O)NNC(=O)COc2ccc(Br)cc2C)cc1. The Hall–Kier alpha value is -2.80. The first-order valence-corrected chi connectivity index (χ1v) is 9.16. The molecule has 0 heterocycles. The second-order valence-corrected chi connectivity index (χ2v) is 6.49. The van der Waals surface area contributed by atoms with Crippen molar-refractivity contribution in [2.24, 2.45) is 0 Å². The number of aryl methyl sites for hydroxylation is 1. The highest BCUT2D eigenvalue weighted by atomic mass is 79.9. The molecule has 0 aliphatic rings. The molecule has 27 heavy (non-hydrogen) atoms. The van der Waals surface area contributed by atoms with Gasteiger partial charge in [-0.25, -0.2) is 0 Å². The molecule has 142 valence electrons. The number of carbonyl (C=O) groups excluding carboxylic acids is 2. The maximum absolute atomic E-state index is 11.8.